The number of nitrogens with zero attached hydrogens (tertiary/aromatic N) is 3. The minimum absolute atomic E-state index is 0.0251. The van der Waals surface area contributed by atoms with Crippen molar-refractivity contribution < 1.29 is 18.8 Å². The van der Waals surface area contributed by atoms with Gasteiger partial charge in [0.15, 0.2) is 0 Å². The topological polar surface area (TPSA) is 89.7 Å². The number of para-hydroxylation sites is 1. The van der Waals surface area contributed by atoms with Crippen LogP contribution in [-0.2, 0) is 17.8 Å². The van der Waals surface area contributed by atoms with E-state index in [4.69, 9.17) is 14.0 Å². The highest BCUT2D eigenvalue weighted by atomic mass is 16.5. The number of hydrogen-bond donors (Lipinski definition) is 1. The fraction of sp³-hybridized carbons (Fsp3) is 0.464. The quantitative estimate of drug-likeness (QED) is 0.373. The zero-order valence-corrected chi connectivity index (χ0v) is 21.2. The molecular weight excluding hydrogens is 456 g/mol. The van der Waals surface area contributed by atoms with E-state index in [0.717, 1.165) is 62.3 Å². The molecular formula is C28H36N4O4. The van der Waals surface area contributed by atoms with Crippen LogP contribution >= 0.6 is 0 Å². The van der Waals surface area contributed by atoms with Crippen LogP contribution in [0, 0.1) is 5.92 Å². The predicted molar refractivity (Wildman–Crippen MR) is 138 cm³/mol. The van der Waals surface area contributed by atoms with E-state index in [1.807, 2.05) is 42.5 Å². The van der Waals surface area contributed by atoms with Gasteiger partial charge >= 0.3 is 0 Å². The van der Waals surface area contributed by atoms with E-state index in [2.05, 4.69) is 33.3 Å². The summed E-state index contributed by atoms with van der Waals surface area (Å²) in [4.78, 5) is 19.6. The molecule has 4 rings (SSSR count). The molecule has 192 valence electrons. The first kappa shape index (κ1) is 25.7. The van der Waals surface area contributed by atoms with Crippen LogP contribution < -0.4 is 14.8 Å². The number of carbonyl (C=O) groups excluding carboxylic acids is 1. The number of benzene rings is 2. The summed E-state index contributed by atoms with van der Waals surface area (Å²) in [6.07, 6.45) is 4.62. The average Bonchev–Trinajstić information content (AvgIpc) is 3.39. The van der Waals surface area contributed by atoms with Gasteiger partial charge in [-0.05, 0) is 74.5 Å². The number of carbonyl (C=O) groups is 1. The first-order valence-electron chi connectivity index (χ1n) is 12.8. The van der Waals surface area contributed by atoms with Gasteiger partial charge in [0.2, 0.25) is 17.6 Å². The van der Waals surface area contributed by atoms with Crippen LogP contribution in [0.15, 0.2) is 53.1 Å². The monoisotopic (exact) mass is 492 g/mol. The maximum absolute atomic E-state index is 12.8. The van der Waals surface area contributed by atoms with Gasteiger partial charge < -0.3 is 19.3 Å². The van der Waals surface area contributed by atoms with E-state index >= 15 is 0 Å². The fourth-order valence-corrected chi connectivity index (χ4v) is 4.48. The molecule has 0 radical (unpaired) electrons. The van der Waals surface area contributed by atoms with Gasteiger partial charge in [0.05, 0.1) is 26.2 Å². The molecule has 1 saturated heterocycles. The second kappa shape index (κ2) is 13.1. The fourth-order valence-electron chi connectivity index (χ4n) is 4.48. The Labute approximate surface area is 213 Å². The molecule has 1 unspecified atom stereocenters. The molecule has 0 spiro atoms. The number of ether oxygens (including phenoxy) is 2. The van der Waals surface area contributed by atoms with Gasteiger partial charge in [-0.3, -0.25) is 9.69 Å². The molecule has 1 aliphatic heterocycles. The summed E-state index contributed by atoms with van der Waals surface area (Å²) in [5.74, 6) is 2.95. The number of hydrogen-bond acceptors (Lipinski definition) is 7. The molecule has 0 saturated carbocycles. The van der Waals surface area contributed by atoms with Gasteiger partial charge in [0, 0.05) is 18.7 Å². The molecule has 36 heavy (non-hydrogen) atoms. The zero-order chi connectivity index (χ0) is 25.2. The zero-order valence-electron chi connectivity index (χ0n) is 21.2. The van der Waals surface area contributed by atoms with Crippen LogP contribution in [0.3, 0.4) is 0 Å². The summed E-state index contributed by atoms with van der Waals surface area (Å²) in [6.45, 7) is 5.64. The van der Waals surface area contributed by atoms with Crippen molar-refractivity contribution in [1.29, 1.82) is 0 Å². The van der Waals surface area contributed by atoms with Gasteiger partial charge in [-0.25, -0.2) is 0 Å². The number of aryl methyl sites for hydroxylation is 1. The van der Waals surface area contributed by atoms with Crippen molar-refractivity contribution in [3.63, 3.8) is 0 Å². The molecule has 8 nitrogen and oxygen atoms in total. The third-order valence-corrected chi connectivity index (χ3v) is 6.41. The molecule has 1 N–H and O–H groups in total. The molecule has 1 fully saturated rings. The normalized spacial score (nSPS) is 16.0. The SMILES string of the molecule is CCCOc1ccccc1CCCNC(=O)C1CCCN(Cc2nc(-c3ccc(OC)cc3)no2)C1. The molecule has 2 heterocycles. The molecule has 8 heteroatoms. The van der Waals surface area contributed by atoms with Crippen molar-refractivity contribution in [2.24, 2.45) is 5.92 Å². The van der Waals surface area contributed by atoms with Crippen LogP contribution in [0.2, 0.25) is 0 Å². The lowest BCUT2D eigenvalue weighted by Crippen LogP contribution is -2.43. The van der Waals surface area contributed by atoms with Gasteiger partial charge in [0.1, 0.15) is 11.5 Å². The Hall–Kier alpha value is -3.39. The predicted octanol–water partition coefficient (Wildman–Crippen LogP) is 4.50. The summed E-state index contributed by atoms with van der Waals surface area (Å²) in [6, 6.07) is 15.7. The minimum atomic E-state index is -0.0251. The highest BCUT2D eigenvalue weighted by Crippen LogP contribution is 2.23. The molecule has 2 aromatic carbocycles. The van der Waals surface area contributed by atoms with Crippen LogP contribution in [0.5, 0.6) is 11.5 Å². The van der Waals surface area contributed by atoms with Crippen LogP contribution in [0.4, 0.5) is 0 Å². The number of aromatic nitrogens is 2. The molecule has 1 aliphatic rings. The van der Waals surface area contributed by atoms with Crippen molar-refractivity contribution in [3.8, 4) is 22.9 Å². The van der Waals surface area contributed by atoms with E-state index in [0.29, 0.717) is 31.3 Å². The highest BCUT2D eigenvalue weighted by molar-refractivity contribution is 5.78. The maximum atomic E-state index is 12.8. The number of likely N-dealkylation sites (tertiary alicyclic amines) is 1. The number of piperidine rings is 1. The highest BCUT2D eigenvalue weighted by Gasteiger charge is 2.26. The Bertz CT molecular complexity index is 1100. The van der Waals surface area contributed by atoms with E-state index < -0.39 is 0 Å². The summed E-state index contributed by atoms with van der Waals surface area (Å²) in [7, 11) is 1.64. The Balaban J connectivity index is 1.22. The second-order valence-electron chi connectivity index (χ2n) is 9.17. The summed E-state index contributed by atoms with van der Waals surface area (Å²) >= 11 is 0. The van der Waals surface area contributed by atoms with Crippen molar-refractivity contribution in [2.45, 2.75) is 45.6 Å². The number of methoxy groups -OCH3 is 1. The largest absolute Gasteiger partial charge is 0.497 e. The van der Waals surface area contributed by atoms with Gasteiger partial charge in [-0.15, -0.1) is 0 Å². The smallest absolute Gasteiger partial charge is 0.241 e. The van der Waals surface area contributed by atoms with Crippen LogP contribution in [0.1, 0.15) is 44.1 Å². The first-order chi connectivity index (χ1) is 17.7. The van der Waals surface area contributed by atoms with Crippen molar-refractivity contribution in [2.75, 3.05) is 33.4 Å². The lowest BCUT2D eigenvalue weighted by atomic mass is 9.97. The van der Waals surface area contributed by atoms with Crippen LogP contribution in [-0.4, -0.2) is 54.3 Å². The van der Waals surface area contributed by atoms with E-state index in [1.165, 1.54) is 5.56 Å². The van der Waals surface area contributed by atoms with Gasteiger partial charge in [0.25, 0.3) is 0 Å². The summed E-state index contributed by atoms with van der Waals surface area (Å²) in [5, 5.41) is 7.25. The Kier molecular flexibility index (Phi) is 9.33. The molecule has 1 atom stereocenters. The van der Waals surface area contributed by atoms with Gasteiger partial charge in [-0.2, -0.15) is 4.98 Å². The van der Waals surface area contributed by atoms with Crippen molar-refractivity contribution >= 4 is 5.91 Å². The molecule has 0 aliphatic carbocycles. The Morgan fingerprint density at radius 1 is 1.19 bits per heavy atom. The minimum Gasteiger partial charge on any atom is -0.497 e. The molecule has 3 aromatic rings. The molecule has 0 bridgehead atoms. The maximum Gasteiger partial charge on any atom is 0.241 e. The summed E-state index contributed by atoms with van der Waals surface area (Å²) < 4.78 is 16.5. The van der Waals surface area contributed by atoms with E-state index in [1.54, 1.807) is 7.11 Å². The molecule has 1 aromatic heterocycles. The van der Waals surface area contributed by atoms with E-state index in [-0.39, 0.29) is 11.8 Å². The number of nitrogens with one attached hydrogen (secondary N) is 1. The van der Waals surface area contributed by atoms with Crippen molar-refractivity contribution in [3.05, 3.63) is 60.0 Å². The van der Waals surface area contributed by atoms with Crippen molar-refractivity contribution in [1.82, 2.24) is 20.4 Å². The third-order valence-electron chi connectivity index (χ3n) is 6.41. The third kappa shape index (κ3) is 7.07. The number of amides is 1. The molecule has 1 amide bonds. The van der Waals surface area contributed by atoms with E-state index in [9.17, 15) is 4.79 Å². The Morgan fingerprint density at radius 3 is 2.83 bits per heavy atom. The van der Waals surface area contributed by atoms with Gasteiger partial charge in [-0.1, -0.05) is 30.3 Å². The lowest BCUT2D eigenvalue weighted by Gasteiger charge is -2.30. The summed E-state index contributed by atoms with van der Waals surface area (Å²) in [5.41, 5.74) is 2.07. The number of rotatable bonds is 12. The van der Waals surface area contributed by atoms with Crippen LogP contribution in [0.25, 0.3) is 11.4 Å². The average molecular weight is 493 g/mol. The Morgan fingerprint density at radius 2 is 2.03 bits per heavy atom. The lowest BCUT2D eigenvalue weighted by molar-refractivity contribution is -0.126. The standard InChI is InChI=1S/C28H36N4O4/c1-3-18-35-25-11-5-4-8-21(25)9-6-16-29-28(33)23-10-7-17-32(19-23)20-26-30-27(31-36-26)22-12-14-24(34-2)15-13-22/h4-5,8,11-15,23H,3,6-7,9-10,16-20H2,1-2H3,(H,29,33). The first-order valence-corrected chi connectivity index (χ1v) is 12.8. The second-order valence-corrected chi connectivity index (χ2v) is 9.17.